The Labute approximate surface area is 168 Å². The van der Waals surface area contributed by atoms with Crippen molar-refractivity contribution in [3.63, 3.8) is 0 Å². The smallest absolute Gasteiger partial charge is 0.230 e. The number of allylic oxidation sites excluding steroid dienone is 1. The van der Waals surface area contributed by atoms with Gasteiger partial charge in [0.25, 0.3) is 0 Å². The largest absolute Gasteiger partial charge is 0.496 e. The monoisotopic (exact) mass is 406 g/mol. The molecule has 1 aliphatic rings. The van der Waals surface area contributed by atoms with Crippen LogP contribution in [0, 0.1) is 0 Å². The highest BCUT2D eigenvalue weighted by molar-refractivity contribution is 7.99. The van der Waals surface area contributed by atoms with Crippen LogP contribution in [0.5, 0.6) is 5.75 Å². The summed E-state index contributed by atoms with van der Waals surface area (Å²) in [6.45, 7) is 0.685. The minimum Gasteiger partial charge on any atom is -0.496 e. The van der Waals surface area contributed by atoms with Gasteiger partial charge in [-0.3, -0.25) is 9.89 Å². The molecule has 1 aliphatic carbocycles. The molecule has 0 radical (unpaired) electrons. The molecule has 27 heavy (non-hydrogen) atoms. The summed E-state index contributed by atoms with van der Waals surface area (Å²) >= 11 is 7.35. The van der Waals surface area contributed by atoms with Gasteiger partial charge in [-0.05, 0) is 50.3 Å². The number of aromatic amines is 1. The number of hydrogen-bond donors (Lipinski definition) is 2. The van der Waals surface area contributed by atoms with Crippen LogP contribution in [0.25, 0.3) is 11.4 Å². The lowest BCUT2D eigenvalue weighted by Crippen LogP contribution is -2.26. The van der Waals surface area contributed by atoms with Gasteiger partial charge in [0, 0.05) is 11.6 Å². The number of nitrogens with zero attached hydrogens (tertiary/aromatic N) is 2. The molecule has 1 aromatic carbocycles. The number of benzene rings is 1. The number of aromatic nitrogens is 3. The van der Waals surface area contributed by atoms with Crippen LogP contribution in [0.2, 0.25) is 5.02 Å². The van der Waals surface area contributed by atoms with E-state index >= 15 is 0 Å². The molecule has 6 nitrogen and oxygen atoms in total. The molecule has 0 atom stereocenters. The Bertz CT molecular complexity index is 822. The summed E-state index contributed by atoms with van der Waals surface area (Å²) in [7, 11) is 1.59. The molecule has 0 unspecified atom stereocenters. The van der Waals surface area contributed by atoms with E-state index in [2.05, 4.69) is 26.6 Å². The predicted molar refractivity (Wildman–Crippen MR) is 108 cm³/mol. The van der Waals surface area contributed by atoms with Gasteiger partial charge in [-0.2, -0.15) is 0 Å². The van der Waals surface area contributed by atoms with E-state index in [1.807, 2.05) is 0 Å². The standard InChI is InChI=1S/C19H23ClN4O2S/c1-26-16-8-7-14(20)11-15(16)18-22-19(24-23-18)27-12-17(25)21-10-9-13-5-3-2-4-6-13/h5,7-8,11H,2-4,6,9-10,12H2,1H3,(H,21,25)(H,22,23,24). The number of carbonyl (C=O) groups is 1. The second-order valence-electron chi connectivity index (χ2n) is 6.31. The van der Waals surface area contributed by atoms with Crippen molar-refractivity contribution in [2.45, 2.75) is 37.3 Å². The van der Waals surface area contributed by atoms with Gasteiger partial charge in [0.2, 0.25) is 11.1 Å². The molecule has 2 N–H and O–H groups in total. The van der Waals surface area contributed by atoms with Crippen LogP contribution < -0.4 is 10.1 Å². The van der Waals surface area contributed by atoms with Crippen molar-refractivity contribution >= 4 is 29.3 Å². The molecule has 1 heterocycles. The molecule has 0 saturated heterocycles. The first kappa shape index (κ1) is 19.8. The van der Waals surface area contributed by atoms with Gasteiger partial charge >= 0.3 is 0 Å². The van der Waals surface area contributed by atoms with Crippen LogP contribution >= 0.6 is 23.4 Å². The van der Waals surface area contributed by atoms with E-state index in [0.717, 1.165) is 18.4 Å². The van der Waals surface area contributed by atoms with Crippen molar-refractivity contribution < 1.29 is 9.53 Å². The summed E-state index contributed by atoms with van der Waals surface area (Å²) in [6.07, 6.45) is 8.13. The van der Waals surface area contributed by atoms with Crippen molar-refractivity contribution in [1.29, 1.82) is 0 Å². The quantitative estimate of drug-likeness (QED) is 0.506. The molecular formula is C19H23ClN4O2S. The van der Waals surface area contributed by atoms with Crippen LogP contribution in [-0.2, 0) is 4.79 Å². The number of rotatable bonds is 8. The number of amides is 1. The number of ether oxygens (including phenoxy) is 1. The zero-order valence-corrected chi connectivity index (χ0v) is 16.8. The van der Waals surface area contributed by atoms with Gasteiger partial charge in [0.1, 0.15) is 5.75 Å². The summed E-state index contributed by atoms with van der Waals surface area (Å²) in [4.78, 5) is 16.4. The fourth-order valence-electron chi connectivity index (χ4n) is 2.97. The van der Waals surface area contributed by atoms with Crippen LogP contribution in [0.15, 0.2) is 35.0 Å². The van der Waals surface area contributed by atoms with Gasteiger partial charge in [-0.25, -0.2) is 4.98 Å². The first-order valence-electron chi connectivity index (χ1n) is 8.99. The molecule has 144 valence electrons. The molecular weight excluding hydrogens is 384 g/mol. The van der Waals surface area contributed by atoms with Crippen LogP contribution in [0.3, 0.4) is 0 Å². The highest BCUT2D eigenvalue weighted by Gasteiger charge is 2.13. The fraction of sp³-hybridized carbons (Fsp3) is 0.421. The molecule has 0 bridgehead atoms. The molecule has 0 saturated carbocycles. The zero-order chi connectivity index (χ0) is 19.1. The Kier molecular flexibility index (Phi) is 7.18. The topological polar surface area (TPSA) is 79.9 Å². The SMILES string of the molecule is COc1ccc(Cl)cc1-c1nc(SCC(=O)NCCC2=CCCCC2)n[nH]1. The maximum atomic E-state index is 12.0. The zero-order valence-electron chi connectivity index (χ0n) is 15.3. The molecule has 8 heteroatoms. The molecule has 0 spiro atoms. The van der Waals surface area contributed by atoms with Crippen LogP contribution in [-0.4, -0.2) is 40.5 Å². The van der Waals surface area contributed by atoms with E-state index in [4.69, 9.17) is 16.3 Å². The van der Waals surface area contributed by atoms with E-state index in [0.29, 0.717) is 28.3 Å². The van der Waals surface area contributed by atoms with Crippen molar-refractivity contribution in [1.82, 2.24) is 20.5 Å². The van der Waals surface area contributed by atoms with E-state index in [1.54, 1.807) is 25.3 Å². The van der Waals surface area contributed by atoms with E-state index in [-0.39, 0.29) is 11.7 Å². The van der Waals surface area contributed by atoms with Crippen molar-refractivity contribution in [3.05, 3.63) is 34.9 Å². The molecule has 1 amide bonds. The maximum absolute atomic E-state index is 12.0. The molecule has 1 aromatic heterocycles. The lowest BCUT2D eigenvalue weighted by atomic mass is 9.97. The van der Waals surface area contributed by atoms with Crippen LogP contribution in [0.4, 0.5) is 0 Å². The van der Waals surface area contributed by atoms with Crippen molar-refractivity contribution in [2.24, 2.45) is 0 Å². The fourth-order valence-corrected chi connectivity index (χ4v) is 3.77. The minimum absolute atomic E-state index is 0.0110. The van der Waals surface area contributed by atoms with Crippen molar-refractivity contribution in [3.8, 4) is 17.1 Å². The third-order valence-electron chi connectivity index (χ3n) is 4.37. The number of H-pyrrole nitrogens is 1. The highest BCUT2D eigenvalue weighted by atomic mass is 35.5. The van der Waals surface area contributed by atoms with E-state index < -0.39 is 0 Å². The van der Waals surface area contributed by atoms with E-state index in [9.17, 15) is 4.79 Å². The van der Waals surface area contributed by atoms with E-state index in [1.165, 1.54) is 36.6 Å². The molecule has 0 aliphatic heterocycles. The summed E-state index contributed by atoms with van der Waals surface area (Å²) in [5, 5.41) is 11.1. The van der Waals surface area contributed by atoms with Gasteiger partial charge in [0.15, 0.2) is 5.82 Å². The first-order valence-corrected chi connectivity index (χ1v) is 10.4. The predicted octanol–water partition coefficient (Wildman–Crippen LogP) is 4.23. The third-order valence-corrected chi connectivity index (χ3v) is 5.45. The van der Waals surface area contributed by atoms with Gasteiger partial charge in [-0.15, -0.1) is 5.10 Å². The van der Waals surface area contributed by atoms with Gasteiger partial charge < -0.3 is 10.1 Å². The number of halogens is 1. The number of thioether (sulfide) groups is 1. The highest BCUT2D eigenvalue weighted by Crippen LogP contribution is 2.31. The Hall–Kier alpha value is -1.99. The number of nitrogens with one attached hydrogen (secondary N) is 2. The number of hydrogen-bond acceptors (Lipinski definition) is 5. The minimum atomic E-state index is -0.0110. The summed E-state index contributed by atoms with van der Waals surface area (Å²) < 4.78 is 5.33. The van der Waals surface area contributed by atoms with Gasteiger partial charge in [-0.1, -0.05) is 35.0 Å². The van der Waals surface area contributed by atoms with Crippen LogP contribution in [0.1, 0.15) is 32.1 Å². The molecule has 2 aromatic rings. The summed E-state index contributed by atoms with van der Waals surface area (Å²) in [5.41, 5.74) is 2.19. The summed E-state index contributed by atoms with van der Waals surface area (Å²) in [6, 6.07) is 5.30. The van der Waals surface area contributed by atoms with Crippen molar-refractivity contribution in [2.75, 3.05) is 19.4 Å². The van der Waals surface area contributed by atoms with Gasteiger partial charge in [0.05, 0.1) is 18.4 Å². The molecule has 3 rings (SSSR count). The second kappa shape index (κ2) is 9.80. The summed E-state index contributed by atoms with van der Waals surface area (Å²) in [5.74, 6) is 1.48. The lowest BCUT2D eigenvalue weighted by molar-refractivity contribution is -0.118. The Morgan fingerprint density at radius 2 is 2.30 bits per heavy atom. The first-order chi connectivity index (χ1) is 13.2. The Morgan fingerprint density at radius 3 is 3.07 bits per heavy atom. The Morgan fingerprint density at radius 1 is 1.41 bits per heavy atom. The number of carbonyl (C=O) groups excluding carboxylic acids is 1. The lowest BCUT2D eigenvalue weighted by Gasteiger charge is -2.12. The molecule has 0 fully saturated rings. The number of methoxy groups -OCH3 is 1. The third kappa shape index (κ3) is 5.74. The maximum Gasteiger partial charge on any atom is 0.230 e. The average Bonchev–Trinajstić information content (AvgIpc) is 3.16. The normalized spacial score (nSPS) is 13.9. The average molecular weight is 407 g/mol. The second-order valence-corrected chi connectivity index (χ2v) is 7.69. The Balaban J connectivity index is 1.48.